The van der Waals surface area contributed by atoms with E-state index in [0.29, 0.717) is 30.1 Å². The maximum atomic E-state index is 8.56. The van der Waals surface area contributed by atoms with Gasteiger partial charge >= 0.3 is 0 Å². The fourth-order valence-electron chi connectivity index (χ4n) is 8.99. The molecule has 1 heterocycles. The zero-order chi connectivity index (χ0) is 53.4. The lowest BCUT2D eigenvalue weighted by atomic mass is 9.63. The van der Waals surface area contributed by atoms with Crippen molar-refractivity contribution in [2.75, 3.05) is 4.90 Å². The minimum Gasteiger partial charge on any atom is -0.469 e. The van der Waals surface area contributed by atoms with Crippen LogP contribution >= 0.6 is 0 Å². The average molecular weight is 919 g/mol. The van der Waals surface area contributed by atoms with Crippen LogP contribution in [0.3, 0.4) is 0 Å². The van der Waals surface area contributed by atoms with Gasteiger partial charge in [-0.3, -0.25) is 0 Å². The molecule has 0 bridgehead atoms. The fourth-order valence-corrected chi connectivity index (χ4v) is 8.99. The fraction of sp³-hybridized carbons (Fsp3) is 0.469. The molecule has 2 aromatic rings. The summed E-state index contributed by atoms with van der Waals surface area (Å²) in [5.74, 6) is 1.53. The lowest BCUT2D eigenvalue weighted by Crippen LogP contribution is -2.33. The maximum absolute atomic E-state index is 8.56. The zero-order valence-electron chi connectivity index (χ0n) is 48.5. The summed E-state index contributed by atoms with van der Waals surface area (Å²) in [5, 5.41) is 4.59. The Bertz CT molecular complexity index is 2480. The SMILES string of the molecule is [2H]C=C/C([2H])=C([2H])\C=C\C(C/C(=C/C(C)C)C(C)CC)C(=C)N/C=C/C(=C\C=C)N(/C=C/C=C(\C=C)C(C)(C)C)c1c([B]C(=C/C)/C=C(\CC(C)C)C(C)CC)oc2cc3c(cc12)C(C)(C)CCC3(C)C. The molecule has 0 fully saturated rings. The molecular formula is C64H92BN2O. The minimum atomic E-state index is -0.185. The molecular weight excluding hydrogens is 824 g/mol. The van der Waals surface area contributed by atoms with Gasteiger partial charge in [0.2, 0.25) is 7.28 Å². The van der Waals surface area contributed by atoms with Crippen molar-refractivity contribution in [2.45, 2.75) is 160 Å². The van der Waals surface area contributed by atoms with Crippen molar-refractivity contribution in [3.8, 4) is 0 Å². The Kier molecular flexibility index (Phi) is 20.2. The van der Waals surface area contributed by atoms with Gasteiger partial charge < -0.3 is 14.6 Å². The minimum absolute atomic E-state index is 0.00769. The Morgan fingerprint density at radius 3 is 2.12 bits per heavy atom. The lowest BCUT2D eigenvalue weighted by Gasteiger charge is -2.41. The summed E-state index contributed by atoms with van der Waals surface area (Å²) in [4.78, 5) is 2.23. The third-order valence-electron chi connectivity index (χ3n) is 13.7. The number of rotatable bonds is 25. The molecule has 0 aliphatic heterocycles. The highest BCUT2D eigenvalue weighted by Gasteiger charge is 2.38. The highest BCUT2D eigenvalue weighted by Crippen LogP contribution is 2.48. The largest absolute Gasteiger partial charge is 0.469 e. The van der Waals surface area contributed by atoms with E-state index in [2.05, 4.69) is 203 Å². The Balaban J connectivity index is 2.45. The first kappa shape index (κ1) is 52.4. The normalized spacial score (nSPS) is 18.8. The number of nitrogens with one attached hydrogen (secondary N) is 1. The summed E-state index contributed by atoms with van der Waals surface area (Å²) in [7, 11) is 2.22. The first-order valence-electron chi connectivity index (χ1n) is 27.1. The summed E-state index contributed by atoms with van der Waals surface area (Å²) in [6.07, 6.45) is 34.0. The molecule has 0 saturated heterocycles. The second-order valence-corrected chi connectivity index (χ2v) is 22.1. The molecule has 1 aromatic carbocycles. The van der Waals surface area contributed by atoms with Gasteiger partial charge in [0.15, 0.2) is 0 Å². The van der Waals surface area contributed by atoms with E-state index in [1.807, 2.05) is 30.5 Å². The van der Waals surface area contributed by atoms with Crippen LogP contribution in [-0.2, 0) is 10.8 Å². The Morgan fingerprint density at radius 1 is 0.912 bits per heavy atom. The highest BCUT2D eigenvalue weighted by atomic mass is 16.3. The first-order valence-corrected chi connectivity index (χ1v) is 25.5. The third kappa shape index (κ3) is 16.1. The van der Waals surface area contributed by atoms with Crippen molar-refractivity contribution in [3.63, 3.8) is 0 Å². The Hall–Kier alpha value is -4.96. The van der Waals surface area contributed by atoms with Crippen LogP contribution in [0.1, 0.15) is 165 Å². The van der Waals surface area contributed by atoms with E-state index in [9.17, 15) is 0 Å². The number of fused-ring (bicyclic) bond motifs is 2. The maximum Gasteiger partial charge on any atom is 0.243 e. The molecule has 0 amide bonds. The monoisotopic (exact) mass is 919 g/mol. The zero-order valence-corrected chi connectivity index (χ0v) is 45.5. The van der Waals surface area contributed by atoms with E-state index in [4.69, 9.17) is 8.53 Å². The van der Waals surface area contributed by atoms with Crippen LogP contribution in [0, 0.1) is 35.0 Å². The number of allylic oxidation sites excluding steroid dienone is 18. The van der Waals surface area contributed by atoms with Crippen LogP contribution in [0.25, 0.3) is 11.0 Å². The van der Waals surface area contributed by atoms with Crippen LogP contribution < -0.4 is 15.9 Å². The molecule has 1 N–H and O–H groups in total. The second-order valence-electron chi connectivity index (χ2n) is 22.1. The first-order chi connectivity index (χ1) is 33.3. The van der Waals surface area contributed by atoms with Gasteiger partial charge in [-0.15, -0.1) is 0 Å². The summed E-state index contributed by atoms with van der Waals surface area (Å²) in [6.45, 7) is 50.3. The molecule has 1 aliphatic carbocycles. The van der Waals surface area contributed by atoms with E-state index >= 15 is 0 Å². The van der Waals surface area contributed by atoms with Crippen molar-refractivity contribution in [1.29, 1.82) is 0 Å². The van der Waals surface area contributed by atoms with E-state index in [0.717, 1.165) is 83.4 Å². The van der Waals surface area contributed by atoms with Crippen molar-refractivity contribution in [3.05, 3.63) is 181 Å². The standard InChI is InChI=1S/C64H92BN2O/c1-21-27-28-29-32-50(41-51(39-45(7)8)47(11)23-3)49(13)66-37-34-55(31-22-2)67(38-30-33-53(25-5)62(14,15)16)60-56-43-57-58(64(19,20)36-35-63(57,17)18)44-59(56)68-61(60)65-54(26-6)42-52(40-46(9)10)48(12)24-4/h21-22,25-34,37-39,42-48,50,66H,1-2,5,13,23-24,35-36,40-41H2,3-4,6-12,14-20H3/b28-27-,32-29+,37-34+,38-30+,51-39-,52-42+,53-33+,54-26+,55-31+/i1D,27D,28D/b21-1?,28-27-,32-29+,37-34+,38-30+,51-39-,52-42+,53-33+,54-26+,55-31+. The summed E-state index contributed by atoms with van der Waals surface area (Å²) >= 11 is 0. The van der Waals surface area contributed by atoms with Gasteiger partial charge in [0.25, 0.3) is 0 Å². The van der Waals surface area contributed by atoms with Crippen molar-refractivity contribution < 1.29 is 8.53 Å². The van der Waals surface area contributed by atoms with Crippen LogP contribution in [0.4, 0.5) is 5.69 Å². The number of furan rings is 1. The summed E-state index contributed by atoms with van der Waals surface area (Å²) < 4.78 is 31.4. The van der Waals surface area contributed by atoms with E-state index in [1.165, 1.54) is 28.3 Å². The van der Waals surface area contributed by atoms with Gasteiger partial charge in [-0.05, 0) is 132 Å². The molecule has 1 radical (unpaired) electrons. The summed E-state index contributed by atoms with van der Waals surface area (Å²) in [6, 6.07) is 4.74. The van der Waals surface area contributed by atoms with Gasteiger partial charge in [0.1, 0.15) is 5.58 Å². The van der Waals surface area contributed by atoms with Crippen LogP contribution in [0.2, 0.25) is 0 Å². The number of hydrogen-bond acceptors (Lipinski definition) is 3. The quantitative estimate of drug-likeness (QED) is 0.0611. The van der Waals surface area contributed by atoms with Crippen molar-refractivity contribution in [2.24, 2.45) is 35.0 Å². The van der Waals surface area contributed by atoms with Crippen LogP contribution in [0.5, 0.6) is 0 Å². The van der Waals surface area contributed by atoms with Gasteiger partial charge in [0.05, 0.1) is 15.5 Å². The van der Waals surface area contributed by atoms with E-state index in [-0.39, 0.29) is 34.3 Å². The predicted molar refractivity (Wildman–Crippen MR) is 306 cm³/mol. The molecule has 4 heteroatoms. The van der Waals surface area contributed by atoms with Gasteiger partial charge in [-0.25, -0.2) is 0 Å². The van der Waals surface area contributed by atoms with Gasteiger partial charge in [0, 0.05) is 35.1 Å². The molecule has 3 unspecified atom stereocenters. The molecule has 3 nitrogen and oxygen atoms in total. The van der Waals surface area contributed by atoms with E-state index < -0.39 is 0 Å². The topological polar surface area (TPSA) is 28.4 Å². The van der Waals surface area contributed by atoms with Crippen molar-refractivity contribution in [1.82, 2.24) is 5.32 Å². The predicted octanol–water partition coefficient (Wildman–Crippen LogP) is 18.1. The van der Waals surface area contributed by atoms with Gasteiger partial charge in [-0.1, -0.05) is 214 Å². The molecule has 3 rings (SSSR count). The van der Waals surface area contributed by atoms with Crippen LogP contribution in [0.15, 0.2) is 174 Å². The van der Waals surface area contributed by atoms with Crippen LogP contribution in [-0.4, -0.2) is 7.28 Å². The lowest BCUT2D eigenvalue weighted by molar-refractivity contribution is 0.332. The molecule has 1 aromatic heterocycles. The number of anilines is 1. The van der Waals surface area contributed by atoms with Gasteiger partial charge in [-0.2, -0.15) is 0 Å². The third-order valence-corrected chi connectivity index (χ3v) is 13.7. The average Bonchev–Trinajstić information content (AvgIpc) is 3.65. The Labute approximate surface area is 422 Å². The molecule has 1 aliphatic rings. The number of hydrogen-bond donors (Lipinski definition) is 1. The summed E-state index contributed by atoms with van der Waals surface area (Å²) in [5.41, 5.74) is 11.7. The molecule has 68 heavy (non-hydrogen) atoms. The molecule has 3 atom stereocenters. The number of nitrogens with zero attached hydrogens (tertiary/aromatic N) is 1. The number of benzene rings is 1. The second kappa shape index (κ2) is 26.1. The highest BCUT2D eigenvalue weighted by molar-refractivity contribution is 6.63. The molecule has 0 saturated carbocycles. The van der Waals surface area contributed by atoms with E-state index in [1.54, 1.807) is 6.08 Å². The van der Waals surface area contributed by atoms with Crippen molar-refractivity contribution >= 4 is 29.6 Å². The molecule has 367 valence electrons. The Morgan fingerprint density at radius 2 is 1.56 bits per heavy atom. The smallest absolute Gasteiger partial charge is 0.243 e. The molecule has 0 spiro atoms.